The monoisotopic (exact) mass is 322 g/mol. The average molecular weight is 322 g/mol. The average Bonchev–Trinajstić information content (AvgIpc) is 2.53. The molecular formula is C15H18N2O4S. The topological polar surface area (TPSA) is 87.7 Å². The molecule has 1 saturated heterocycles. The minimum Gasteiger partial charge on any atom is -0.479 e. The lowest BCUT2D eigenvalue weighted by Gasteiger charge is -2.27. The smallest absolute Gasteiger partial charge is 0.332 e. The van der Waals surface area contributed by atoms with Gasteiger partial charge in [-0.2, -0.15) is 0 Å². The molecular weight excluding hydrogens is 304 g/mol. The first-order chi connectivity index (χ1) is 10.6. The highest BCUT2D eigenvalue weighted by molar-refractivity contribution is 8.00. The number of nitrogens with one attached hydrogen (secondary N) is 2. The van der Waals surface area contributed by atoms with Crippen molar-refractivity contribution in [2.75, 3.05) is 17.7 Å². The minimum absolute atomic E-state index is 0.0306. The van der Waals surface area contributed by atoms with Crippen LogP contribution < -0.4 is 10.6 Å². The van der Waals surface area contributed by atoms with Crippen molar-refractivity contribution in [3.63, 3.8) is 0 Å². The van der Waals surface area contributed by atoms with Gasteiger partial charge in [0.1, 0.15) is 0 Å². The van der Waals surface area contributed by atoms with Crippen LogP contribution in [0.1, 0.15) is 18.4 Å². The fourth-order valence-electron chi connectivity index (χ4n) is 2.61. The van der Waals surface area contributed by atoms with Crippen LogP contribution in [0.5, 0.6) is 0 Å². The number of hydrogen-bond acceptors (Lipinski definition) is 5. The number of anilines is 1. The van der Waals surface area contributed by atoms with Crippen LogP contribution in [-0.4, -0.2) is 41.5 Å². The van der Waals surface area contributed by atoms with Crippen molar-refractivity contribution in [1.29, 1.82) is 0 Å². The Morgan fingerprint density at radius 2 is 2.32 bits per heavy atom. The zero-order valence-corrected chi connectivity index (χ0v) is 12.8. The molecule has 0 aromatic heterocycles. The fourth-order valence-corrected chi connectivity index (χ4v) is 3.40. The first-order valence-corrected chi connectivity index (χ1v) is 8.24. The number of thioether (sulfide) groups is 1. The van der Waals surface area contributed by atoms with E-state index in [1.165, 1.54) is 0 Å². The van der Waals surface area contributed by atoms with Gasteiger partial charge in [0.2, 0.25) is 5.91 Å². The van der Waals surface area contributed by atoms with Crippen molar-refractivity contribution in [3.05, 3.63) is 23.8 Å². The van der Waals surface area contributed by atoms with Crippen molar-refractivity contribution < 1.29 is 19.4 Å². The van der Waals surface area contributed by atoms with Crippen LogP contribution in [0.2, 0.25) is 0 Å². The second kappa shape index (κ2) is 6.68. The Labute approximate surface area is 132 Å². The third-order valence-corrected chi connectivity index (χ3v) is 4.90. The Kier molecular flexibility index (Phi) is 4.66. The summed E-state index contributed by atoms with van der Waals surface area (Å²) in [6.07, 6.45) is 0.646. The lowest BCUT2D eigenvalue weighted by atomic mass is 10.0. The lowest BCUT2D eigenvalue weighted by molar-refractivity contribution is -0.154. The molecule has 3 rings (SSSR count). The third-order valence-electron chi connectivity index (χ3n) is 3.82. The van der Waals surface area contributed by atoms with Crippen LogP contribution in [0.15, 0.2) is 23.1 Å². The molecule has 118 valence electrons. The van der Waals surface area contributed by atoms with E-state index in [1.54, 1.807) is 11.8 Å². The number of fused-ring (bicyclic) bond motifs is 1. The van der Waals surface area contributed by atoms with E-state index in [9.17, 15) is 9.59 Å². The van der Waals surface area contributed by atoms with Crippen LogP contribution in [0.25, 0.3) is 0 Å². The van der Waals surface area contributed by atoms with Crippen molar-refractivity contribution >= 4 is 29.3 Å². The molecule has 7 heteroatoms. The minimum atomic E-state index is -0.888. The number of aliphatic carboxylic acids is 1. The molecule has 1 aromatic carbocycles. The second-order valence-corrected chi connectivity index (χ2v) is 6.50. The summed E-state index contributed by atoms with van der Waals surface area (Å²) in [5.41, 5.74) is 1.95. The lowest BCUT2D eigenvalue weighted by Crippen LogP contribution is -2.41. The maximum atomic E-state index is 11.4. The molecule has 0 radical (unpaired) electrons. The van der Waals surface area contributed by atoms with Gasteiger partial charge in [0, 0.05) is 17.5 Å². The number of amides is 1. The summed E-state index contributed by atoms with van der Waals surface area (Å²) < 4.78 is 5.32. The summed E-state index contributed by atoms with van der Waals surface area (Å²) in [6.45, 7) is 1.08. The van der Waals surface area contributed by atoms with E-state index in [0.29, 0.717) is 25.3 Å². The van der Waals surface area contributed by atoms with Gasteiger partial charge in [-0.05, 0) is 30.5 Å². The molecule has 1 aromatic rings. The predicted octanol–water partition coefficient (Wildman–Crippen LogP) is 1.45. The number of carbonyl (C=O) groups excluding carboxylic acids is 1. The Morgan fingerprint density at radius 1 is 1.45 bits per heavy atom. The van der Waals surface area contributed by atoms with Crippen molar-refractivity contribution in [2.45, 2.75) is 36.4 Å². The Balaban J connectivity index is 1.53. The van der Waals surface area contributed by atoms with Crippen molar-refractivity contribution in [3.8, 4) is 0 Å². The standard InChI is InChI=1S/C15H18N2O4S/c18-14-8-22-13-4-1-9(5-11(13)17-14)6-16-10-2-3-12(15(19)20)21-7-10/h1,4-5,10,12,16H,2-3,6-8H2,(H,17,18)(H,19,20)/t10-,12+/m1/s1. The predicted molar refractivity (Wildman–Crippen MR) is 83.0 cm³/mol. The van der Waals surface area contributed by atoms with E-state index >= 15 is 0 Å². The number of hydrogen-bond donors (Lipinski definition) is 3. The van der Waals surface area contributed by atoms with Crippen LogP contribution >= 0.6 is 11.8 Å². The maximum Gasteiger partial charge on any atom is 0.332 e. The molecule has 2 heterocycles. The van der Waals surface area contributed by atoms with Gasteiger partial charge < -0.3 is 20.5 Å². The van der Waals surface area contributed by atoms with Crippen molar-refractivity contribution in [1.82, 2.24) is 5.32 Å². The Hall–Kier alpha value is -1.57. The van der Waals surface area contributed by atoms with Gasteiger partial charge in [-0.1, -0.05) is 6.07 Å². The molecule has 0 unspecified atom stereocenters. The SMILES string of the molecule is O=C1CSc2ccc(CN[C@@H]3CC[C@@H](C(=O)O)OC3)cc2N1. The molecule has 0 aliphatic carbocycles. The van der Waals surface area contributed by atoms with E-state index in [1.807, 2.05) is 18.2 Å². The van der Waals surface area contributed by atoms with E-state index < -0.39 is 12.1 Å². The maximum absolute atomic E-state index is 11.4. The highest BCUT2D eigenvalue weighted by Crippen LogP contribution is 2.32. The molecule has 2 aliphatic rings. The summed E-state index contributed by atoms with van der Waals surface area (Å²) in [7, 11) is 0. The highest BCUT2D eigenvalue weighted by atomic mass is 32.2. The largest absolute Gasteiger partial charge is 0.479 e. The van der Waals surface area contributed by atoms with Gasteiger partial charge in [-0.15, -0.1) is 11.8 Å². The van der Waals surface area contributed by atoms with Gasteiger partial charge in [0.15, 0.2) is 6.10 Å². The van der Waals surface area contributed by atoms with Crippen LogP contribution in [0, 0.1) is 0 Å². The highest BCUT2D eigenvalue weighted by Gasteiger charge is 2.26. The van der Waals surface area contributed by atoms with E-state index in [2.05, 4.69) is 10.6 Å². The molecule has 0 spiro atoms. The number of rotatable bonds is 4. The van der Waals surface area contributed by atoms with Gasteiger partial charge in [-0.25, -0.2) is 4.79 Å². The van der Waals surface area contributed by atoms with Crippen molar-refractivity contribution in [2.24, 2.45) is 0 Å². The molecule has 22 heavy (non-hydrogen) atoms. The van der Waals surface area contributed by atoms with Gasteiger partial charge >= 0.3 is 5.97 Å². The fraction of sp³-hybridized carbons (Fsp3) is 0.467. The molecule has 6 nitrogen and oxygen atoms in total. The first-order valence-electron chi connectivity index (χ1n) is 7.25. The summed E-state index contributed by atoms with van der Waals surface area (Å²) in [6, 6.07) is 6.21. The normalized spacial score (nSPS) is 24.5. The number of carboxylic acids is 1. The van der Waals surface area contributed by atoms with E-state index in [4.69, 9.17) is 9.84 Å². The van der Waals surface area contributed by atoms with Gasteiger partial charge in [0.05, 0.1) is 18.0 Å². The molecule has 0 saturated carbocycles. The first kappa shape index (κ1) is 15.3. The summed E-state index contributed by atoms with van der Waals surface area (Å²) in [5, 5.41) is 15.1. The molecule has 3 N–H and O–H groups in total. The van der Waals surface area contributed by atoms with E-state index in [0.717, 1.165) is 22.6 Å². The number of carbonyl (C=O) groups is 2. The van der Waals surface area contributed by atoms with Crippen LogP contribution in [-0.2, 0) is 20.9 Å². The summed E-state index contributed by atoms with van der Waals surface area (Å²) >= 11 is 1.55. The third kappa shape index (κ3) is 3.60. The molecule has 1 amide bonds. The van der Waals surface area contributed by atoms with Crippen LogP contribution in [0.4, 0.5) is 5.69 Å². The number of ether oxygens (including phenoxy) is 1. The molecule has 2 aliphatic heterocycles. The zero-order chi connectivity index (χ0) is 15.5. The van der Waals surface area contributed by atoms with Gasteiger partial charge in [-0.3, -0.25) is 4.79 Å². The van der Waals surface area contributed by atoms with E-state index in [-0.39, 0.29) is 11.9 Å². The quantitative estimate of drug-likeness (QED) is 0.778. The molecule has 0 bridgehead atoms. The molecule has 1 fully saturated rings. The van der Waals surface area contributed by atoms with Crippen LogP contribution in [0.3, 0.4) is 0 Å². The molecule has 2 atom stereocenters. The number of benzene rings is 1. The zero-order valence-electron chi connectivity index (χ0n) is 12.0. The number of carboxylic acid groups (broad SMARTS) is 1. The summed E-state index contributed by atoms with van der Waals surface area (Å²) in [4.78, 5) is 23.3. The summed E-state index contributed by atoms with van der Waals surface area (Å²) in [5.74, 6) is -0.390. The Morgan fingerprint density at radius 3 is 3.05 bits per heavy atom. The Bertz CT molecular complexity index is 585. The second-order valence-electron chi connectivity index (χ2n) is 5.48. The van der Waals surface area contributed by atoms with Gasteiger partial charge in [0.25, 0.3) is 0 Å².